The molecular formula is C26H23Cl2N3O3. The molecule has 174 valence electrons. The molecular weight excluding hydrogens is 473 g/mol. The second-order valence-electron chi connectivity index (χ2n) is 8.76. The number of carboxylic acid groups (broad SMARTS) is 1. The average molecular weight is 496 g/mol. The lowest BCUT2D eigenvalue weighted by molar-refractivity contribution is -0.143. The Bertz CT molecular complexity index is 1340. The van der Waals surface area contributed by atoms with Gasteiger partial charge in [0.25, 0.3) is 6.01 Å². The number of nitrogens with one attached hydrogen (secondary N) is 1. The number of hydrogen-bond acceptors (Lipinski definition) is 4. The van der Waals surface area contributed by atoms with Crippen molar-refractivity contribution in [1.82, 2.24) is 15.0 Å². The lowest BCUT2D eigenvalue weighted by atomic mass is 9.87. The molecule has 0 aliphatic heterocycles. The van der Waals surface area contributed by atoms with Gasteiger partial charge in [0.15, 0.2) is 5.65 Å². The Morgan fingerprint density at radius 3 is 2.35 bits per heavy atom. The molecule has 4 aromatic rings. The fourth-order valence-electron chi connectivity index (χ4n) is 4.46. The third-order valence-electron chi connectivity index (χ3n) is 6.24. The van der Waals surface area contributed by atoms with E-state index < -0.39 is 5.97 Å². The molecule has 5 rings (SSSR count). The van der Waals surface area contributed by atoms with E-state index in [4.69, 9.17) is 33.0 Å². The maximum Gasteiger partial charge on any atom is 0.306 e. The van der Waals surface area contributed by atoms with E-state index in [9.17, 15) is 4.79 Å². The van der Waals surface area contributed by atoms with E-state index in [1.165, 1.54) is 0 Å². The van der Waals surface area contributed by atoms with E-state index in [-0.39, 0.29) is 12.0 Å². The molecule has 2 aromatic carbocycles. The Morgan fingerprint density at radius 1 is 0.971 bits per heavy atom. The van der Waals surface area contributed by atoms with Crippen LogP contribution in [0.3, 0.4) is 0 Å². The van der Waals surface area contributed by atoms with Crippen molar-refractivity contribution in [3.8, 4) is 28.4 Å². The molecule has 0 unspecified atom stereocenters. The Hall–Kier alpha value is -3.09. The first-order valence-corrected chi connectivity index (χ1v) is 11.9. The van der Waals surface area contributed by atoms with E-state index >= 15 is 0 Å². The van der Waals surface area contributed by atoms with Gasteiger partial charge in [-0.3, -0.25) is 4.79 Å². The highest BCUT2D eigenvalue weighted by atomic mass is 35.5. The van der Waals surface area contributed by atoms with Gasteiger partial charge in [-0.05, 0) is 67.5 Å². The van der Waals surface area contributed by atoms with Crippen molar-refractivity contribution in [3.05, 3.63) is 64.1 Å². The first kappa shape index (κ1) is 22.7. The molecule has 8 heteroatoms. The molecule has 2 N–H and O–H groups in total. The van der Waals surface area contributed by atoms with Gasteiger partial charge in [-0.1, -0.05) is 53.5 Å². The number of fused-ring (bicyclic) bond motifs is 1. The molecule has 1 fully saturated rings. The van der Waals surface area contributed by atoms with Gasteiger partial charge >= 0.3 is 5.97 Å². The van der Waals surface area contributed by atoms with Crippen LogP contribution in [-0.2, 0) is 4.79 Å². The van der Waals surface area contributed by atoms with Crippen molar-refractivity contribution in [2.24, 2.45) is 5.92 Å². The van der Waals surface area contributed by atoms with Gasteiger partial charge in [-0.2, -0.15) is 4.98 Å². The van der Waals surface area contributed by atoms with Crippen molar-refractivity contribution in [3.63, 3.8) is 0 Å². The number of imidazole rings is 1. The fourth-order valence-corrected chi connectivity index (χ4v) is 5.01. The number of ether oxygens (including phenoxy) is 1. The summed E-state index contributed by atoms with van der Waals surface area (Å²) in [5.41, 5.74) is 5.94. The zero-order chi connectivity index (χ0) is 23.8. The topological polar surface area (TPSA) is 88.1 Å². The number of carbonyl (C=O) groups is 1. The Morgan fingerprint density at radius 2 is 1.68 bits per heavy atom. The zero-order valence-corrected chi connectivity index (χ0v) is 20.0. The first-order chi connectivity index (χ1) is 16.4. The van der Waals surface area contributed by atoms with Crippen molar-refractivity contribution in [2.45, 2.75) is 38.7 Å². The molecule has 2 heterocycles. The highest BCUT2D eigenvalue weighted by molar-refractivity contribution is 6.33. The minimum absolute atomic E-state index is 0.0613. The molecule has 0 amide bonds. The number of carboxylic acids is 1. The van der Waals surface area contributed by atoms with Crippen LogP contribution in [0.2, 0.25) is 10.0 Å². The third kappa shape index (κ3) is 4.74. The molecule has 0 spiro atoms. The predicted octanol–water partition coefficient (Wildman–Crippen LogP) is 6.93. The minimum atomic E-state index is -0.732. The molecule has 0 bridgehead atoms. The van der Waals surface area contributed by atoms with Gasteiger partial charge in [0.1, 0.15) is 6.10 Å². The van der Waals surface area contributed by atoms with Crippen molar-refractivity contribution >= 4 is 40.3 Å². The second kappa shape index (κ2) is 9.28. The molecule has 0 saturated heterocycles. The van der Waals surface area contributed by atoms with Gasteiger partial charge in [-0.25, -0.2) is 4.98 Å². The van der Waals surface area contributed by atoms with Gasteiger partial charge in [0.2, 0.25) is 0 Å². The summed E-state index contributed by atoms with van der Waals surface area (Å²) >= 11 is 12.8. The first-order valence-electron chi connectivity index (χ1n) is 11.2. The number of nitrogens with zero attached hydrogens (tertiary/aromatic N) is 2. The number of H-pyrrole nitrogens is 1. The average Bonchev–Trinajstić information content (AvgIpc) is 3.19. The molecule has 1 aliphatic carbocycles. The van der Waals surface area contributed by atoms with E-state index in [1.807, 2.05) is 43.3 Å². The van der Waals surface area contributed by atoms with Crippen LogP contribution >= 0.6 is 23.2 Å². The highest BCUT2D eigenvalue weighted by Gasteiger charge is 2.27. The van der Waals surface area contributed by atoms with Crippen LogP contribution in [0.4, 0.5) is 0 Å². The van der Waals surface area contributed by atoms with Crippen molar-refractivity contribution < 1.29 is 14.6 Å². The van der Waals surface area contributed by atoms with Gasteiger partial charge in [0.05, 0.1) is 22.2 Å². The summed E-state index contributed by atoms with van der Waals surface area (Å²) in [6, 6.07) is 16.2. The molecule has 0 radical (unpaired) electrons. The van der Waals surface area contributed by atoms with E-state index in [0.29, 0.717) is 58.6 Å². The van der Waals surface area contributed by atoms with Crippen LogP contribution < -0.4 is 4.74 Å². The molecule has 1 saturated carbocycles. The van der Waals surface area contributed by atoms with Crippen LogP contribution in [0.25, 0.3) is 33.5 Å². The lowest BCUT2D eigenvalue weighted by Crippen LogP contribution is -2.28. The Kier molecular flexibility index (Phi) is 6.19. The van der Waals surface area contributed by atoms with Crippen molar-refractivity contribution in [1.29, 1.82) is 0 Å². The normalized spacial score (nSPS) is 18.2. The second-order valence-corrected chi connectivity index (χ2v) is 9.60. The number of benzene rings is 2. The summed E-state index contributed by atoms with van der Waals surface area (Å²) in [6.07, 6.45) is 2.53. The number of aryl methyl sites for hydroxylation is 1. The Balaban J connectivity index is 1.36. The highest BCUT2D eigenvalue weighted by Crippen LogP contribution is 2.33. The van der Waals surface area contributed by atoms with Crippen molar-refractivity contribution in [2.75, 3.05) is 0 Å². The molecule has 2 aromatic heterocycles. The molecule has 1 aliphatic rings. The van der Waals surface area contributed by atoms with E-state index in [2.05, 4.69) is 21.0 Å². The summed E-state index contributed by atoms with van der Waals surface area (Å²) in [7, 11) is 0. The molecule has 0 atom stereocenters. The van der Waals surface area contributed by atoms with E-state index in [1.54, 1.807) is 6.07 Å². The third-order valence-corrected chi connectivity index (χ3v) is 6.75. The smallest absolute Gasteiger partial charge is 0.306 e. The monoisotopic (exact) mass is 495 g/mol. The van der Waals surface area contributed by atoms with Crippen LogP contribution in [0, 0.1) is 12.8 Å². The summed E-state index contributed by atoms with van der Waals surface area (Å²) in [4.78, 5) is 23.4. The standard InChI is InChI=1S/C26H23Cl2N3O3/c1-14-10-18(12-19(27)11-14)15-2-4-16(5-3-15)23-21(28)13-22-24(30-23)31-26(29-22)34-20-8-6-17(7-9-20)25(32)33/h2-5,10-13,17,20H,6-9H2,1H3,(H,32,33)(H,29,30,31). The molecule has 6 nitrogen and oxygen atoms in total. The number of aromatic amines is 1. The van der Waals surface area contributed by atoms with Gasteiger partial charge < -0.3 is 14.8 Å². The van der Waals surface area contributed by atoms with E-state index in [0.717, 1.165) is 22.3 Å². The number of aliphatic carboxylic acids is 1. The Labute approximate surface area is 206 Å². The quantitative estimate of drug-likeness (QED) is 0.313. The molecule has 34 heavy (non-hydrogen) atoms. The SMILES string of the molecule is Cc1cc(Cl)cc(-c2ccc(-c3nc4nc(OC5CCC(C(=O)O)CC5)[nH]c4cc3Cl)cc2)c1. The van der Waals surface area contributed by atoms with Crippen LogP contribution in [0.1, 0.15) is 31.2 Å². The maximum atomic E-state index is 11.1. The summed E-state index contributed by atoms with van der Waals surface area (Å²) in [5, 5.41) is 10.4. The lowest BCUT2D eigenvalue weighted by Gasteiger charge is -2.25. The summed E-state index contributed by atoms with van der Waals surface area (Å²) < 4.78 is 5.98. The number of aromatic nitrogens is 3. The van der Waals surface area contributed by atoms with Gasteiger partial charge in [-0.15, -0.1) is 0 Å². The number of halogens is 2. The maximum absolute atomic E-state index is 11.1. The predicted molar refractivity (Wildman–Crippen MR) is 134 cm³/mol. The number of pyridine rings is 1. The number of hydrogen-bond donors (Lipinski definition) is 2. The number of rotatable bonds is 5. The van der Waals surface area contributed by atoms with Crippen LogP contribution in [-0.4, -0.2) is 32.1 Å². The zero-order valence-electron chi connectivity index (χ0n) is 18.5. The fraction of sp³-hybridized carbons (Fsp3) is 0.269. The van der Waals surface area contributed by atoms with Crippen LogP contribution in [0.5, 0.6) is 6.01 Å². The van der Waals surface area contributed by atoms with Crippen LogP contribution in [0.15, 0.2) is 48.5 Å². The minimum Gasteiger partial charge on any atom is -0.481 e. The summed E-state index contributed by atoms with van der Waals surface area (Å²) in [6.45, 7) is 2.02. The largest absolute Gasteiger partial charge is 0.481 e. The summed E-state index contributed by atoms with van der Waals surface area (Å²) in [5.74, 6) is -1.02. The van der Waals surface area contributed by atoms with Gasteiger partial charge in [0, 0.05) is 10.6 Å².